The molecule has 1 aromatic carbocycles. The van der Waals surface area contributed by atoms with E-state index in [1.165, 1.54) is 12.1 Å². The minimum atomic E-state index is -0.459. The Bertz CT molecular complexity index is 463. The number of anilines is 1. The number of nitro groups is 1. The van der Waals surface area contributed by atoms with E-state index in [1.54, 1.807) is 19.1 Å². The lowest BCUT2D eigenvalue weighted by molar-refractivity contribution is -0.384. The molecule has 0 aliphatic heterocycles. The second kappa shape index (κ2) is 5.69. The van der Waals surface area contributed by atoms with Crippen LogP contribution < -0.4 is 10.6 Å². The molecule has 0 fully saturated rings. The quantitative estimate of drug-likeness (QED) is 0.646. The van der Waals surface area contributed by atoms with Gasteiger partial charge in [0.15, 0.2) is 0 Å². The molecular weight excluding hydrogens is 246 g/mol. The molecule has 104 valence electrons. The van der Waals surface area contributed by atoms with Gasteiger partial charge in [-0.3, -0.25) is 14.9 Å². The van der Waals surface area contributed by atoms with Crippen molar-refractivity contribution in [3.63, 3.8) is 0 Å². The second-order valence-electron chi connectivity index (χ2n) is 5.41. The van der Waals surface area contributed by atoms with Crippen LogP contribution in [0.2, 0.25) is 0 Å². The lowest BCUT2D eigenvalue weighted by Crippen LogP contribution is -2.47. The summed E-state index contributed by atoms with van der Waals surface area (Å²) in [4.78, 5) is 21.9. The molecule has 2 N–H and O–H groups in total. The number of nitrogens with one attached hydrogen (secondary N) is 2. The number of nitrogens with zero attached hydrogens (tertiary/aromatic N) is 1. The Balaban J connectivity index is 2.64. The van der Waals surface area contributed by atoms with E-state index >= 15 is 0 Å². The Morgan fingerprint density at radius 2 is 1.79 bits per heavy atom. The Morgan fingerprint density at radius 3 is 2.21 bits per heavy atom. The van der Waals surface area contributed by atoms with Crippen LogP contribution in [0.25, 0.3) is 0 Å². The predicted octanol–water partition coefficient (Wildman–Crippen LogP) is 2.31. The van der Waals surface area contributed by atoms with Crippen molar-refractivity contribution < 1.29 is 9.72 Å². The number of amides is 1. The Hall–Kier alpha value is -2.11. The SMILES string of the molecule is CC(Nc1ccc([N+](=O)[O-])cc1)C(=O)NC(C)(C)C. The standard InChI is InChI=1S/C13H19N3O3/c1-9(12(17)15-13(2,3)4)14-10-5-7-11(8-6-10)16(18)19/h5-9,14H,1-4H3,(H,15,17). The monoisotopic (exact) mass is 265 g/mol. The van der Waals surface area contributed by atoms with Crippen LogP contribution >= 0.6 is 0 Å². The van der Waals surface area contributed by atoms with Crippen LogP contribution in [0.15, 0.2) is 24.3 Å². The molecule has 0 aliphatic carbocycles. The molecule has 0 radical (unpaired) electrons. The summed E-state index contributed by atoms with van der Waals surface area (Å²) in [6, 6.07) is 5.55. The van der Waals surface area contributed by atoms with E-state index < -0.39 is 11.0 Å². The van der Waals surface area contributed by atoms with Gasteiger partial charge < -0.3 is 10.6 Å². The van der Waals surface area contributed by atoms with Crippen LogP contribution in [0.3, 0.4) is 0 Å². The molecule has 1 amide bonds. The van der Waals surface area contributed by atoms with Gasteiger partial charge in [0.05, 0.1) is 4.92 Å². The lowest BCUT2D eigenvalue weighted by Gasteiger charge is -2.24. The Labute approximate surface area is 112 Å². The molecule has 19 heavy (non-hydrogen) atoms. The highest BCUT2D eigenvalue weighted by Gasteiger charge is 2.19. The van der Waals surface area contributed by atoms with Crippen molar-refractivity contribution in [1.29, 1.82) is 0 Å². The number of carbonyl (C=O) groups is 1. The molecule has 0 aliphatic rings. The first-order valence-corrected chi connectivity index (χ1v) is 6.02. The molecule has 1 aromatic rings. The van der Waals surface area contributed by atoms with E-state index in [2.05, 4.69) is 10.6 Å². The molecule has 1 atom stereocenters. The number of hydrogen-bond acceptors (Lipinski definition) is 4. The summed E-state index contributed by atoms with van der Waals surface area (Å²) in [5.41, 5.74) is 0.405. The zero-order valence-corrected chi connectivity index (χ0v) is 11.6. The largest absolute Gasteiger partial charge is 0.374 e. The molecule has 6 nitrogen and oxygen atoms in total. The topological polar surface area (TPSA) is 84.3 Å². The molecule has 0 aromatic heterocycles. The molecule has 1 rings (SSSR count). The predicted molar refractivity (Wildman–Crippen MR) is 74.1 cm³/mol. The van der Waals surface area contributed by atoms with Crippen molar-refractivity contribution in [2.75, 3.05) is 5.32 Å². The first-order chi connectivity index (χ1) is 8.69. The lowest BCUT2D eigenvalue weighted by atomic mass is 10.1. The van der Waals surface area contributed by atoms with Gasteiger partial charge >= 0.3 is 0 Å². The zero-order valence-electron chi connectivity index (χ0n) is 11.6. The van der Waals surface area contributed by atoms with Gasteiger partial charge in [0.2, 0.25) is 5.91 Å². The molecule has 0 saturated heterocycles. The highest BCUT2D eigenvalue weighted by atomic mass is 16.6. The minimum Gasteiger partial charge on any atom is -0.374 e. The van der Waals surface area contributed by atoms with Crippen LogP contribution in [0.5, 0.6) is 0 Å². The molecule has 0 bridgehead atoms. The van der Waals surface area contributed by atoms with Gasteiger partial charge in [-0.15, -0.1) is 0 Å². The average molecular weight is 265 g/mol. The summed E-state index contributed by atoms with van der Waals surface area (Å²) in [6.07, 6.45) is 0. The van der Waals surface area contributed by atoms with Gasteiger partial charge in [0.25, 0.3) is 5.69 Å². The van der Waals surface area contributed by atoms with Crippen LogP contribution in [-0.4, -0.2) is 22.4 Å². The smallest absolute Gasteiger partial charge is 0.269 e. The van der Waals surface area contributed by atoms with Gasteiger partial charge in [-0.05, 0) is 39.8 Å². The zero-order chi connectivity index (χ0) is 14.6. The maximum absolute atomic E-state index is 11.9. The Kier molecular flexibility index (Phi) is 4.47. The van der Waals surface area contributed by atoms with Crippen LogP contribution in [-0.2, 0) is 4.79 Å². The van der Waals surface area contributed by atoms with E-state index in [1.807, 2.05) is 20.8 Å². The Morgan fingerprint density at radius 1 is 1.26 bits per heavy atom. The molecule has 6 heteroatoms. The molecule has 1 unspecified atom stereocenters. The summed E-state index contributed by atoms with van der Waals surface area (Å²) in [6.45, 7) is 7.46. The maximum atomic E-state index is 11.9. The van der Waals surface area contributed by atoms with Crippen molar-refractivity contribution >= 4 is 17.3 Å². The number of benzene rings is 1. The molecule has 0 heterocycles. The molecule has 0 spiro atoms. The molecule has 0 saturated carbocycles. The number of hydrogen-bond donors (Lipinski definition) is 2. The highest BCUT2D eigenvalue weighted by molar-refractivity contribution is 5.84. The number of carbonyl (C=O) groups excluding carboxylic acids is 1. The van der Waals surface area contributed by atoms with Crippen molar-refractivity contribution in [2.45, 2.75) is 39.3 Å². The fourth-order valence-corrected chi connectivity index (χ4v) is 1.47. The third kappa shape index (κ3) is 4.95. The van der Waals surface area contributed by atoms with Crippen molar-refractivity contribution in [3.05, 3.63) is 34.4 Å². The maximum Gasteiger partial charge on any atom is 0.269 e. The minimum absolute atomic E-state index is 0.0253. The fraction of sp³-hybridized carbons (Fsp3) is 0.462. The fourth-order valence-electron chi connectivity index (χ4n) is 1.47. The summed E-state index contributed by atoms with van der Waals surface area (Å²) >= 11 is 0. The second-order valence-corrected chi connectivity index (χ2v) is 5.41. The van der Waals surface area contributed by atoms with E-state index in [0.717, 1.165) is 0 Å². The van der Waals surface area contributed by atoms with Crippen LogP contribution in [0.1, 0.15) is 27.7 Å². The van der Waals surface area contributed by atoms with Crippen molar-refractivity contribution in [2.24, 2.45) is 0 Å². The van der Waals surface area contributed by atoms with Gasteiger partial charge in [-0.2, -0.15) is 0 Å². The highest BCUT2D eigenvalue weighted by Crippen LogP contribution is 2.16. The van der Waals surface area contributed by atoms with E-state index in [9.17, 15) is 14.9 Å². The van der Waals surface area contributed by atoms with Crippen LogP contribution in [0, 0.1) is 10.1 Å². The van der Waals surface area contributed by atoms with Crippen molar-refractivity contribution in [1.82, 2.24) is 5.32 Å². The first-order valence-electron chi connectivity index (χ1n) is 6.02. The van der Waals surface area contributed by atoms with Gasteiger partial charge in [0, 0.05) is 23.4 Å². The van der Waals surface area contributed by atoms with Gasteiger partial charge in [-0.25, -0.2) is 0 Å². The number of nitro benzene ring substituents is 1. The molecular formula is C13H19N3O3. The number of rotatable bonds is 4. The van der Waals surface area contributed by atoms with Crippen LogP contribution in [0.4, 0.5) is 11.4 Å². The summed E-state index contributed by atoms with van der Waals surface area (Å²) in [7, 11) is 0. The summed E-state index contributed by atoms with van der Waals surface area (Å²) in [5.74, 6) is -0.120. The normalized spacial score (nSPS) is 12.6. The van der Waals surface area contributed by atoms with Gasteiger partial charge in [-0.1, -0.05) is 0 Å². The third-order valence-electron chi connectivity index (χ3n) is 2.35. The van der Waals surface area contributed by atoms with Gasteiger partial charge in [0.1, 0.15) is 6.04 Å². The van der Waals surface area contributed by atoms with E-state index in [0.29, 0.717) is 5.69 Å². The van der Waals surface area contributed by atoms with E-state index in [4.69, 9.17) is 0 Å². The number of non-ortho nitro benzene ring substituents is 1. The average Bonchev–Trinajstić information content (AvgIpc) is 2.27. The third-order valence-corrected chi connectivity index (χ3v) is 2.35. The summed E-state index contributed by atoms with van der Waals surface area (Å²) < 4.78 is 0. The summed E-state index contributed by atoms with van der Waals surface area (Å²) in [5, 5.41) is 16.4. The first kappa shape index (κ1) is 14.9. The van der Waals surface area contributed by atoms with Crippen molar-refractivity contribution in [3.8, 4) is 0 Å². The van der Waals surface area contributed by atoms with E-state index in [-0.39, 0.29) is 17.1 Å².